The number of benzene rings is 1. The number of halogens is 1. The molecular formula is C20H28ClN3O. The van der Waals surface area contributed by atoms with Gasteiger partial charge in [0.15, 0.2) is 0 Å². The Kier molecular flexibility index (Phi) is 6.24. The Balaban J connectivity index is 1.42. The first kappa shape index (κ1) is 18.1. The highest BCUT2D eigenvalue weighted by Crippen LogP contribution is 2.24. The molecule has 4 nitrogen and oxygen atoms in total. The minimum atomic E-state index is 0.0676. The number of rotatable bonds is 4. The molecule has 5 heteroatoms. The molecule has 25 heavy (non-hydrogen) atoms. The lowest BCUT2D eigenvalue weighted by atomic mass is 9.97. The zero-order valence-electron chi connectivity index (χ0n) is 15.1. The molecule has 1 aromatic carbocycles. The van der Waals surface area contributed by atoms with Crippen molar-refractivity contribution in [2.24, 2.45) is 0 Å². The van der Waals surface area contributed by atoms with Crippen LogP contribution >= 0.6 is 11.6 Å². The third-order valence-electron chi connectivity index (χ3n) is 5.19. The quantitative estimate of drug-likeness (QED) is 0.808. The Hall–Kier alpha value is -1.68. The van der Waals surface area contributed by atoms with Gasteiger partial charge >= 0.3 is 6.03 Å². The molecule has 1 N–H and O–H groups in total. The summed E-state index contributed by atoms with van der Waals surface area (Å²) in [5.74, 6) is 0. The number of nitrogens with zero attached hydrogens (tertiary/aromatic N) is 2. The molecule has 0 aromatic heterocycles. The number of aryl methyl sites for hydroxylation is 1. The van der Waals surface area contributed by atoms with Crippen LogP contribution in [-0.4, -0.2) is 43.7 Å². The van der Waals surface area contributed by atoms with E-state index in [0.29, 0.717) is 0 Å². The Morgan fingerprint density at radius 2 is 2.00 bits per heavy atom. The van der Waals surface area contributed by atoms with Crippen LogP contribution in [0.2, 0.25) is 5.02 Å². The molecular weight excluding hydrogens is 334 g/mol. The molecule has 2 amide bonds. The van der Waals surface area contributed by atoms with E-state index in [1.807, 2.05) is 17.9 Å². The van der Waals surface area contributed by atoms with E-state index in [2.05, 4.69) is 28.4 Å². The predicted molar refractivity (Wildman–Crippen MR) is 105 cm³/mol. The van der Waals surface area contributed by atoms with E-state index in [1.165, 1.54) is 31.3 Å². The van der Waals surface area contributed by atoms with Gasteiger partial charge in [-0.05, 0) is 56.7 Å². The fourth-order valence-corrected chi connectivity index (χ4v) is 3.69. The van der Waals surface area contributed by atoms with Gasteiger partial charge in [-0.3, -0.25) is 0 Å². The number of nitrogens with one attached hydrogen (secondary N) is 1. The van der Waals surface area contributed by atoms with Crippen LogP contribution in [0.15, 0.2) is 29.8 Å². The molecule has 0 spiro atoms. The first-order valence-corrected chi connectivity index (χ1v) is 9.73. The first-order chi connectivity index (χ1) is 12.1. The first-order valence-electron chi connectivity index (χ1n) is 9.35. The molecule has 3 rings (SSSR count). The van der Waals surface area contributed by atoms with Crippen molar-refractivity contribution < 1.29 is 4.79 Å². The van der Waals surface area contributed by atoms with Crippen LogP contribution in [0.25, 0.3) is 0 Å². The van der Waals surface area contributed by atoms with Gasteiger partial charge in [0.1, 0.15) is 0 Å². The number of anilines is 1. The summed E-state index contributed by atoms with van der Waals surface area (Å²) in [4.78, 5) is 16.5. The second-order valence-corrected chi connectivity index (χ2v) is 7.40. The normalized spacial score (nSPS) is 18.1. The molecule has 0 bridgehead atoms. The highest BCUT2D eigenvalue weighted by Gasteiger charge is 2.21. The largest absolute Gasteiger partial charge is 0.368 e. The number of urea groups is 1. The van der Waals surface area contributed by atoms with E-state index in [1.54, 1.807) is 0 Å². The molecule has 1 saturated heterocycles. The molecule has 0 atom stereocenters. The van der Waals surface area contributed by atoms with Crippen LogP contribution in [0.4, 0.5) is 10.5 Å². The maximum absolute atomic E-state index is 12.3. The standard InChI is InChI=1S/C20H28ClN3O/c1-16-7-8-18(15-19(16)21)23-11-13-24(14-12-23)20(25)22-10-9-17-5-3-2-4-6-17/h5,7-8,15H,2-4,6,9-14H2,1H3,(H,22,25). The molecule has 136 valence electrons. The smallest absolute Gasteiger partial charge is 0.317 e. The second-order valence-electron chi connectivity index (χ2n) is 7.00. The minimum absolute atomic E-state index is 0.0676. The van der Waals surface area contributed by atoms with Crippen molar-refractivity contribution in [1.82, 2.24) is 10.2 Å². The highest BCUT2D eigenvalue weighted by atomic mass is 35.5. The molecule has 2 aliphatic rings. The minimum Gasteiger partial charge on any atom is -0.368 e. The summed E-state index contributed by atoms with van der Waals surface area (Å²) in [6, 6.07) is 6.24. The SMILES string of the molecule is Cc1ccc(N2CCN(C(=O)NCCC3=CCCCC3)CC2)cc1Cl. The second kappa shape index (κ2) is 8.61. The maximum Gasteiger partial charge on any atom is 0.317 e. The van der Waals surface area contributed by atoms with Gasteiger partial charge in [-0.15, -0.1) is 0 Å². The molecule has 0 radical (unpaired) electrons. The zero-order chi connectivity index (χ0) is 17.6. The van der Waals surface area contributed by atoms with Gasteiger partial charge in [0, 0.05) is 43.4 Å². The Morgan fingerprint density at radius 1 is 1.20 bits per heavy atom. The third-order valence-corrected chi connectivity index (χ3v) is 5.60. The lowest BCUT2D eigenvalue weighted by Crippen LogP contribution is -2.52. The number of hydrogen-bond donors (Lipinski definition) is 1. The number of amides is 2. The van der Waals surface area contributed by atoms with Crippen LogP contribution in [0.3, 0.4) is 0 Å². The summed E-state index contributed by atoms with van der Waals surface area (Å²) in [7, 11) is 0. The fraction of sp³-hybridized carbons (Fsp3) is 0.550. The number of carbonyl (C=O) groups is 1. The van der Waals surface area contributed by atoms with Gasteiger partial charge in [0.2, 0.25) is 0 Å². The van der Waals surface area contributed by atoms with Crippen molar-refractivity contribution in [3.63, 3.8) is 0 Å². The average molecular weight is 362 g/mol. The van der Waals surface area contributed by atoms with Crippen molar-refractivity contribution in [1.29, 1.82) is 0 Å². The molecule has 1 aliphatic carbocycles. The fourth-order valence-electron chi connectivity index (χ4n) is 3.52. The van der Waals surface area contributed by atoms with Crippen LogP contribution in [-0.2, 0) is 0 Å². The van der Waals surface area contributed by atoms with Gasteiger partial charge in [-0.1, -0.05) is 29.3 Å². The van der Waals surface area contributed by atoms with E-state index in [4.69, 9.17) is 11.6 Å². The molecule has 0 unspecified atom stereocenters. The highest BCUT2D eigenvalue weighted by molar-refractivity contribution is 6.31. The van der Waals surface area contributed by atoms with Crippen molar-refractivity contribution >= 4 is 23.3 Å². The number of carbonyl (C=O) groups excluding carboxylic acids is 1. The number of allylic oxidation sites excluding steroid dienone is 1. The summed E-state index contributed by atoms with van der Waals surface area (Å²) in [6.07, 6.45) is 8.35. The number of piperazine rings is 1. The van der Waals surface area contributed by atoms with E-state index in [0.717, 1.165) is 55.4 Å². The molecule has 1 heterocycles. The van der Waals surface area contributed by atoms with E-state index in [9.17, 15) is 4.79 Å². The summed E-state index contributed by atoms with van der Waals surface area (Å²) in [5, 5.41) is 3.88. The van der Waals surface area contributed by atoms with Gasteiger partial charge in [0.05, 0.1) is 0 Å². The lowest BCUT2D eigenvalue weighted by Gasteiger charge is -2.36. The third kappa shape index (κ3) is 4.91. The molecule has 0 saturated carbocycles. The summed E-state index contributed by atoms with van der Waals surface area (Å²) >= 11 is 6.23. The molecule has 1 aromatic rings. The summed E-state index contributed by atoms with van der Waals surface area (Å²) in [6.45, 7) is 5.95. The van der Waals surface area contributed by atoms with E-state index in [-0.39, 0.29) is 6.03 Å². The van der Waals surface area contributed by atoms with Crippen molar-refractivity contribution in [2.45, 2.75) is 39.0 Å². The summed E-state index contributed by atoms with van der Waals surface area (Å²) < 4.78 is 0. The topological polar surface area (TPSA) is 35.6 Å². The Bertz CT molecular complexity index is 636. The van der Waals surface area contributed by atoms with Crippen molar-refractivity contribution in [3.8, 4) is 0 Å². The maximum atomic E-state index is 12.3. The van der Waals surface area contributed by atoms with E-state index >= 15 is 0 Å². The van der Waals surface area contributed by atoms with Crippen LogP contribution in [0, 0.1) is 6.92 Å². The monoisotopic (exact) mass is 361 g/mol. The van der Waals surface area contributed by atoms with Gasteiger partial charge in [-0.25, -0.2) is 4.79 Å². The lowest BCUT2D eigenvalue weighted by molar-refractivity contribution is 0.194. The van der Waals surface area contributed by atoms with Gasteiger partial charge in [-0.2, -0.15) is 0 Å². The van der Waals surface area contributed by atoms with Crippen LogP contribution < -0.4 is 10.2 Å². The number of hydrogen-bond acceptors (Lipinski definition) is 2. The predicted octanol–water partition coefficient (Wildman–Crippen LogP) is 4.37. The van der Waals surface area contributed by atoms with Crippen molar-refractivity contribution in [2.75, 3.05) is 37.6 Å². The van der Waals surface area contributed by atoms with Crippen molar-refractivity contribution in [3.05, 3.63) is 40.4 Å². The van der Waals surface area contributed by atoms with Crippen LogP contribution in [0.5, 0.6) is 0 Å². The zero-order valence-corrected chi connectivity index (χ0v) is 15.8. The summed E-state index contributed by atoms with van der Waals surface area (Å²) in [5.41, 5.74) is 3.74. The van der Waals surface area contributed by atoms with Gasteiger partial charge < -0.3 is 15.1 Å². The Morgan fingerprint density at radius 3 is 2.68 bits per heavy atom. The molecule has 1 aliphatic heterocycles. The van der Waals surface area contributed by atoms with Crippen LogP contribution in [0.1, 0.15) is 37.7 Å². The average Bonchev–Trinajstić information content (AvgIpc) is 2.65. The van der Waals surface area contributed by atoms with E-state index < -0.39 is 0 Å². The molecule has 1 fully saturated rings. The van der Waals surface area contributed by atoms with Gasteiger partial charge in [0.25, 0.3) is 0 Å². The Labute approximate surface area is 155 Å².